The van der Waals surface area contributed by atoms with E-state index in [4.69, 9.17) is 10.00 Å². The number of rotatable bonds is 6. The van der Waals surface area contributed by atoms with Gasteiger partial charge in [-0.1, -0.05) is 12.1 Å². The number of nitrogens with zero attached hydrogens (tertiary/aromatic N) is 5. The molecule has 0 N–H and O–H groups in total. The summed E-state index contributed by atoms with van der Waals surface area (Å²) in [6, 6.07) is 16.5. The highest BCUT2D eigenvalue weighted by Gasteiger charge is 2.24. The molecule has 2 atom stereocenters. The molecular formula is C21H21N5O2. The van der Waals surface area contributed by atoms with Crippen LogP contribution in [0.15, 0.2) is 61.2 Å². The zero-order valence-electron chi connectivity index (χ0n) is 16.0. The summed E-state index contributed by atoms with van der Waals surface area (Å²) < 4.78 is 7.41. The zero-order valence-corrected chi connectivity index (χ0v) is 16.0. The third-order valence-electron chi connectivity index (χ3n) is 4.63. The summed E-state index contributed by atoms with van der Waals surface area (Å²) in [5.41, 5.74) is 2.46. The molecule has 0 saturated carbocycles. The number of carbonyl (C=O) groups excluding carboxylic acids is 1. The molecule has 1 heterocycles. The molecule has 0 unspecified atom stereocenters. The van der Waals surface area contributed by atoms with Crippen LogP contribution < -0.4 is 4.74 Å². The van der Waals surface area contributed by atoms with Gasteiger partial charge in [0.2, 0.25) is 0 Å². The van der Waals surface area contributed by atoms with Crippen molar-refractivity contribution >= 4 is 5.91 Å². The summed E-state index contributed by atoms with van der Waals surface area (Å²) in [4.78, 5) is 18.4. The van der Waals surface area contributed by atoms with E-state index in [0.29, 0.717) is 11.3 Å². The van der Waals surface area contributed by atoms with Gasteiger partial charge in [0, 0.05) is 7.05 Å². The molecule has 3 aromatic rings. The van der Waals surface area contributed by atoms with E-state index in [1.54, 1.807) is 54.1 Å². The Balaban J connectivity index is 1.65. The molecule has 0 radical (unpaired) electrons. The van der Waals surface area contributed by atoms with Crippen LogP contribution in [0.2, 0.25) is 0 Å². The first-order valence-corrected chi connectivity index (χ1v) is 8.88. The van der Waals surface area contributed by atoms with Crippen LogP contribution >= 0.6 is 0 Å². The Kier molecular flexibility index (Phi) is 5.70. The normalized spacial score (nSPS) is 12.6. The van der Waals surface area contributed by atoms with Gasteiger partial charge in [0.1, 0.15) is 18.4 Å². The minimum atomic E-state index is -0.644. The number of likely N-dealkylation sites (N-methyl/N-ethyl adjacent to an activating group) is 1. The van der Waals surface area contributed by atoms with Crippen LogP contribution in [0, 0.1) is 11.3 Å². The largest absolute Gasteiger partial charge is 0.481 e. The predicted octanol–water partition coefficient (Wildman–Crippen LogP) is 3.13. The Hall–Kier alpha value is -3.66. The van der Waals surface area contributed by atoms with Gasteiger partial charge in [0.15, 0.2) is 6.10 Å². The van der Waals surface area contributed by atoms with E-state index >= 15 is 0 Å². The highest BCUT2D eigenvalue weighted by atomic mass is 16.5. The first-order chi connectivity index (χ1) is 13.5. The molecule has 0 aliphatic carbocycles. The fraction of sp³-hybridized carbons (Fsp3) is 0.238. The van der Waals surface area contributed by atoms with Crippen molar-refractivity contribution in [2.75, 3.05) is 7.05 Å². The number of benzene rings is 2. The Labute approximate surface area is 163 Å². The molecule has 0 aliphatic heterocycles. The zero-order chi connectivity index (χ0) is 20.1. The van der Waals surface area contributed by atoms with E-state index in [1.807, 2.05) is 31.2 Å². The summed E-state index contributed by atoms with van der Waals surface area (Å²) in [5.74, 6) is 0.426. The maximum Gasteiger partial charge on any atom is 0.263 e. The number of hydrogen-bond donors (Lipinski definition) is 0. The van der Waals surface area contributed by atoms with E-state index in [2.05, 4.69) is 16.2 Å². The fourth-order valence-corrected chi connectivity index (χ4v) is 2.81. The lowest BCUT2D eigenvalue weighted by molar-refractivity contribution is -0.138. The van der Waals surface area contributed by atoms with Crippen molar-refractivity contribution < 1.29 is 9.53 Å². The molecule has 7 heteroatoms. The van der Waals surface area contributed by atoms with Crippen molar-refractivity contribution in [3.05, 3.63) is 72.3 Å². The van der Waals surface area contributed by atoms with Crippen LogP contribution in [0.3, 0.4) is 0 Å². The summed E-state index contributed by atoms with van der Waals surface area (Å²) in [6.07, 6.45) is 2.48. The van der Waals surface area contributed by atoms with Gasteiger partial charge in [0.25, 0.3) is 5.91 Å². The second-order valence-corrected chi connectivity index (χ2v) is 6.45. The Morgan fingerprint density at radius 3 is 2.39 bits per heavy atom. The number of ether oxygens (including phenoxy) is 1. The third kappa shape index (κ3) is 4.18. The summed E-state index contributed by atoms with van der Waals surface area (Å²) in [7, 11) is 1.76. The monoisotopic (exact) mass is 375 g/mol. The number of aromatic nitrogens is 3. The fourth-order valence-electron chi connectivity index (χ4n) is 2.81. The predicted molar refractivity (Wildman–Crippen MR) is 104 cm³/mol. The third-order valence-corrected chi connectivity index (χ3v) is 4.63. The summed E-state index contributed by atoms with van der Waals surface area (Å²) in [6.45, 7) is 3.69. The van der Waals surface area contributed by atoms with Crippen LogP contribution in [0.25, 0.3) is 5.69 Å². The lowest BCUT2D eigenvalue weighted by Crippen LogP contribution is -2.39. The van der Waals surface area contributed by atoms with Crippen LogP contribution in [0.4, 0.5) is 0 Å². The Morgan fingerprint density at radius 1 is 1.14 bits per heavy atom. The molecule has 0 spiro atoms. The average Bonchev–Trinajstić information content (AvgIpc) is 3.27. The smallest absolute Gasteiger partial charge is 0.263 e. The molecule has 3 rings (SSSR count). The van der Waals surface area contributed by atoms with Crippen molar-refractivity contribution in [3.8, 4) is 17.5 Å². The molecule has 0 saturated heterocycles. The second kappa shape index (κ2) is 8.35. The minimum absolute atomic E-state index is 0.121. The lowest BCUT2D eigenvalue weighted by atomic mass is 10.1. The standard InChI is InChI=1S/C21H21N5O2/c1-15(18-6-8-19(9-7-18)26-14-23-13-24-26)25(3)21(27)16(2)28-20-10-4-17(12-22)5-11-20/h4-11,13-16H,1-3H3/t15-,16-/m0/s1. The molecule has 0 fully saturated rings. The highest BCUT2D eigenvalue weighted by Crippen LogP contribution is 2.22. The molecule has 1 amide bonds. The summed E-state index contributed by atoms with van der Waals surface area (Å²) in [5, 5.41) is 13.0. The molecule has 28 heavy (non-hydrogen) atoms. The molecule has 7 nitrogen and oxygen atoms in total. The maximum absolute atomic E-state index is 12.8. The van der Waals surface area contributed by atoms with Gasteiger partial charge in [-0.2, -0.15) is 10.4 Å². The molecule has 2 aromatic carbocycles. The van der Waals surface area contributed by atoms with Gasteiger partial charge in [-0.05, 0) is 55.8 Å². The number of nitriles is 1. The number of amides is 1. The van der Waals surface area contributed by atoms with Gasteiger partial charge >= 0.3 is 0 Å². The van der Waals surface area contributed by atoms with Crippen molar-refractivity contribution in [3.63, 3.8) is 0 Å². The first-order valence-electron chi connectivity index (χ1n) is 8.88. The Morgan fingerprint density at radius 2 is 1.82 bits per heavy atom. The van der Waals surface area contributed by atoms with E-state index in [-0.39, 0.29) is 11.9 Å². The topological polar surface area (TPSA) is 84.0 Å². The SMILES string of the molecule is C[C@H](Oc1ccc(C#N)cc1)C(=O)N(C)[C@@H](C)c1ccc(-n2cncn2)cc1. The number of hydrogen-bond acceptors (Lipinski definition) is 5. The van der Waals surface area contributed by atoms with E-state index in [1.165, 1.54) is 6.33 Å². The molecular weight excluding hydrogens is 354 g/mol. The van der Waals surface area contributed by atoms with E-state index in [0.717, 1.165) is 11.3 Å². The molecule has 0 aliphatic rings. The van der Waals surface area contributed by atoms with Crippen molar-refractivity contribution in [1.29, 1.82) is 5.26 Å². The number of carbonyl (C=O) groups is 1. The van der Waals surface area contributed by atoms with Crippen LogP contribution in [0.5, 0.6) is 5.75 Å². The van der Waals surface area contributed by atoms with Crippen molar-refractivity contribution in [1.82, 2.24) is 19.7 Å². The van der Waals surface area contributed by atoms with E-state index < -0.39 is 6.10 Å². The lowest BCUT2D eigenvalue weighted by Gasteiger charge is -2.28. The minimum Gasteiger partial charge on any atom is -0.481 e. The van der Waals surface area contributed by atoms with Gasteiger partial charge in [-0.15, -0.1) is 0 Å². The van der Waals surface area contributed by atoms with Gasteiger partial charge in [-0.25, -0.2) is 9.67 Å². The van der Waals surface area contributed by atoms with E-state index in [9.17, 15) is 4.79 Å². The van der Waals surface area contributed by atoms with Crippen LogP contribution in [-0.4, -0.2) is 38.7 Å². The molecule has 1 aromatic heterocycles. The molecule has 142 valence electrons. The van der Waals surface area contributed by atoms with Gasteiger partial charge < -0.3 is 9.64 Å². The van der Waals surface area contributed by atoms with Crippen LogP contribution in [0.1, 0.15) is 31.0 Å². The quantitative estimate of drug-likeness (QED) is 0.661. The maximum atomic E-state index is 12.8. The van der Waals surface area contributed by atoms with Crippen molar-refractivity contribution in [2.24, 2.45) is 0 Å². The average molecular weight is 375 g/mol. The highest BCUT2D eigenvalue weighted by molar-refractivity contribution is 5.81. The Bertz CT molecular complexity index is 960. The summed E-state index contributed by atoms with van der Waals surface area (Å²) >= 11 is 0. The van der Waals surface area contributed by atoms with Gasteiger partial charge in [0.05, 0.1) is 23.4 Å². The second-order valence-electron chi connectivity index (χ2n) is 6.45. The van der Waals surface area contributed by atoms with Crippen LogP contribution in [-0.2, 0) is 4.79 Å². The molecule has 0 bridgehead atoms. The first kappa shape index (κ1) is 19.1. The van der Waals surface area contributed by atoms with Crippen molar-refractivity contribution in [2.45, 2.75) is 26.0 Å². The van der Waals surface area contributed by atoms with Gasteiger partial charge in [-0.3, -0.25) is 4.79 Å².